The van der Waals surface area contributed by atoms with Crippen LogP contribution in [0.2, 0.25) is 0 Å². The summed E-state index contributed by atoms with van der Waals surface area (Å²) in [6.07, 6.45) is 3.32. The first-order chi connectivity index (χ1) is 15.5. The fourth-order valence-corrected chi connectivity index (χ4v) is 3.86. The van der Waals surface area contributed by atoms with Crippen LogP contribution in [0.25, 0.3) is 5.82 Å². The van der Waals surface area contributed by atoms with Crippen LogP contribution in [-0.2, 0) is 24.4 Å². The summed E-state index contributed by atoms with van der Waals surface area (Å²) >= 11 is 0. The highest BCUT2D eigenvalue weighted by atomic mass is 16.2. The molecule has 8 heteroatoms. The SMILES string of the molecule is Cc1cc(C)n(-c2ccc(CNC(=O)NCc3cccc(CN4CCCC4=O)c3)cn2)n1. The molecule has 8 nitrogen and oxygen atoms in total. The third kappa shape index (κ3) is 5.32. The Balaban J connectivity index is 1.25. The van der Waals surface area contributed by atoms with Crippen molar-refractivity contribution in [3.63, 3.8) is 0 Å². The van der Waals surface area contributed by atoms with Gasteiger partial charge in [-0.1, -0.05) is 30.3 Å². The lowest BCUT2D eigenvalue weighted by atomic mass is 10.1. The predicted molar refractivity (Wildman–Crippen MR) is 121 cm³/mol. The number of rotatable bonds is 7. The van der Waals surface area contributed by atoms with E-state index in [1.54, 1.807) is 10.9 Å². The van der Waals surface area contributed by atoms with Gasteiger partial charge in [-0.2, -0.15) is 5.10 Å². The van der Waals surface area contributed by atoms with Gasteiger partial charge in [0.05, 0.1) is 5.69 Å². The highest BCUT2D eigenvalue weighted by Gasteiger charge is 2.19. The molecule has 0 aliphatic carbocycles. The molecule has 0 bridgehead atoms. The molecule has 1 saturated heterocycles. The van der Waals surface area contributed by atoms with Crippen LogP contribution < -0.4 is 10.6 Å². The van der Waals surface area contributed by atoms with Crippen molar-refractivity contribution in [2.45, 2.75) is 46.3 Å². The van der Waals surface area contributed by atoms with Crippen molar-refractivity contribution in [3.05, 3.63) is 76.7 Å². The minimum absolute atomic E-state index is 0.213. The van der Waals surface area contributed by atoms with Crippen molar-refractivity contribution in [3.8, 4) is 5.82 Å². The summed E-state index contributed by atoms with van der Waals surface area (Å²) in [5, 5.41) is 10.2. The summed E-state index contributed by atoms with van der Waals surface area (Å²) in [7, 11) is 0. The molecule has 1 aliphatic heterocycles. The van der Waals surface area contributed by atoms with Gasteiger partial charge in [0, 0.05) is 44.5 Å². The van der Waals surface area contributed by atoms with Gasteiger partial charge in [0.2, 0.25) is 5.91 Å². The molecule has 2 N–H and O–H groups in total. The summed E-state index contributed by atoms with van der Waals surface area (Å²) in [6, 6.07) is 13.6. The Labute approximate surface area is 187 Å². The van der Waals surface area contributed by atoms with E-state index in [0.717, 1.165) is 46.9 Å². The van der Waals surface area contributed by atoms with Crippen molar-refractivity contribution in [2.75, 3.05) is 6.54 Å². The van der Waals surface area contributed by atoms with Crippen LogP contribution in [0, 0.1) is 13.8 Å². The number of likely N-dealkylation sites (tertiary alicyclic amines) is 1. The van der Waals surface area contributed by atoms with Gasteiger partial charge in [0.1, 0.15) is 0 Å². The molecule has 0 saturated carbocycles. The van der Waals surface area contributed by atoms with E-state index in [2.05, 4.69) is 20.7 Å². The molecule has 0 spiro atoms. The third-order valence-electron chi connectivity index (χ3n) is 5.48. The Morgan fingerprint density at radius 3 is 2.47 bits per heavy atom. The number of benzene rings is 1. The smallest absolute Gasteiger partial charge is 0.315 e. The summed E-state index contributed by atoms with van der Waals surface area (Å²) in [6.45, 7) is 6.19. The van der Waals surface area contributed by atoms with Crippen molar-refractivity contribution in [1.82, 2.24) is 30.3 Å². The molecule has 3 aromatic rings. The maximum absolute atomic E-state index is 12.2. The summed E-state index contributed by atoms with van der Waals surface area (Å²) < 4.78 is 1.80. The van der Waals surface area contributed by atoms with Gasteiger partial charge >= 0.3 is 6.03 Å². The van der Waals surface area contributed by atoms with Gasteiger partial charge in [-0.15, -0.1) is 0 Å². The second-order valence-corrected chi connectivity index (χ2v) is 8.14. The molecule has 4 rings (SSSR count). The minimum atomic E-state index is -0.243. The topological polar surface area (TPSA) is 92.2 Å². The number of aryl methyl sites for hydroxylation is 2. The highest BCUT2D eigenvalue weighted by molar-refractivity contribution is 5.78. The molecule has 166 valence electrons. The Morgan fingerprint density at radius 2 is 1.81 bits per heavy atom. The van der Waals surface area contributed by atoms with Gasteiger partial charge in [0.15, 0.2) is 5.82 Å². The second kappa shape index (κ2) is 9.64. The van der Waals surface area contributed by atoms with Crippen LogP contribution >= 0.6 is 0 Å². The quantitative estimate of drug-likeness (QED) is 0.600. The molecule has 0 atom stereocenters. The van der Waals surface area contributed by atoms with Crippen molar-refractivity contribution < 1.29 is 9.59 Å². The molecule has 1 fully saturated rings. The van der Waals surface area contributed by atoms with E-state index >= 15 is 0 Å². The van der Waals surface area contributed by atoms with Crippen molar-refractivity contribution in [1.29, 1.82) is 0 Å². The van der Waals surface area contributed by atoms with Crippen molar-refractivity contribution >= 4 is 11.9 Å². The molecular weight excluding hydrogens is 404 g/mol. The van der Waals surface area contributed by atoms with Crippen LogP contribution in [0.1, 0.15) is 40.9 Å². The third-order valence-corrected chi connectivity index (χ3v) is 5.48. The van der Waals surface area contributed by atoms with E-state index < -0.39 is 0 Å². The maximum atomic E-state index is 12.2. The standard InChI is InChI=1S/C24H28N6O2/c1-17-11-18(2)30(28-17)22-9-8-21(14-25-22)15-27-24(32)26-13-19-5-3-6-20(12-19)16-29-10-4-7-23(29)31/h3,5-6,8-9,11-12,14H,4,7,10,13,15-16H2,1-2H3,(H2,26,27,32). The van der Waals surface area contributed by atoms with E-state index in [9.17, 15) is 9.59 Å². The molecule has 2 aromatic heterocycles. The molecule has 3 heterocycles. The molecule has 0 radical (unpaired) electrons. The first-order valence-electron chi connectivity index (χ1n) is 10.8. The fraction of sp³-hybridized carbons (Fsp3) is 0.333. The lowest BCUT2D eigenvalue weighted by Gasteiger charge is -2.16. The van der Waals surface area contributed by atoms with Crippen LogP contribution in [0.3, 0.4) is 0 Å². The van der Waals surface area contributed by atoms with Crippen LogP contribution in [0.5, 0.6) is 0 Å². The lowest BCUT2D eigenvalue weighted by Crippen LogP contribution is -2.34. The summed E-state index contributed by atoms with van der Waals surface area (Å²) in [5.74, 6) is 0.963. The molecule has 1 aromatic carbocycles. The van der Waals surface area contributed by atoms with E-state index in [0.29, 0.717) is 26.1 Å². The molecule has 32 heavy (non-hydrogen) atoms. The van der Waals surface area contributed by atoms with Gasteiger partial charge in [-0.25, -0.2) is 14.5 Å². The number of nitrogens with zero attached hydrogens (tertiary/aromatic N) is 4. The molecule has 0 unspecified atom stereocenters. The molecular formula is C24H28N6O2. The predicted octanol–water partition coefficient (Wildman–Crippen LogP) is 3.01. The van der Waals surface area contributed by atoms with Crippen LogP contribution in [0.15, 0.2) is 48.7 Å². The maximum Gasteiger partial charge on any atom is 0.315 e. The van der Waals surface area contributed by atoms with Gasteiger partial charge in [-0.05, 0) is 49.1 Å². The number of hydrogen-bond acceptors (Lipinski definition) is 4. The number of aromatic nitrogens is 3. The Kier molecular flexibility index (Phi) is 6.49. The van der Waals surface area contributed by atoms with Gasteiger partial charge in [0.25, 0.3) is 0 Å². The zero-order chi connectivity index (χ0) is 22.5. The van der Waals surface area contributed by atoms with E-state index in [-0.39, 0.29) is 11.9 Å². The van der Waals surface area contributed by atoms with E-state index in [4.69, 9.17) is 0 Å². The average Bonchev–Trinajstić information content (AvgIpc) is 3.35. The minimum Gasteiger partial charge on any atom is -0.338 e. The number of amides is 3. The first kappa shape index (κ1) is 21.5. The normalized spacial score (nSPS) is 13.4. The summed E-state index contributed by atoms with van der Waals surface area (Å²) in [5.41, 5.74) is 4.95. The van der Waals surface area contributed by atoms with Crippen LogP contribution in [0.4, 0.5) is 4.79 Å². The van der Waals surface area contributed by atoms with Crippen LogP contribution in [-0.4, -0.2) is 38.1 Å². The number of carbonyl (C=O) groups is 2. The number of hydrogen-bond donors (Lipinski definition) is 2. The second-order valence-electron chi connectivity index (χ2n) is 8.14. The monoisotopic (exact) mass is 432 g/mol. The number of pyridine rings is 1. The zero-order valence-electron chi connectivity index (χ0n) is 18.5. The number of nitrogens with one attached hydrogen (secondary N) is 2. The van der Waals surface area contributed by atoms with Gasteiger partial charge in [-0.3, -0.25) is 4.79 Å². The first-order valence-corrected chi connectivity index (χ1v) is 10.8. The van der Waals surface area contributed by atoms with Crippen molar-refractivity contribution in [2.24, 2.45) is 0 Å². The Morgan fingerprint density at radius 1 is 1.03 bits per heavy atom. The van der Waals surface area contributed by atoms with Gasteiger partial charge < -0.3 is 15.5 Å². The zero-order valence-corrected chi connectivity index (χ0v) is 18.5. The highest BCUT2D eigenvalue weighted by Crippen LogP contribution is 2.15. The molecule has 1 aliphatic rings. The fourth-order valence-electron chi connectivity index (χ4n) is 3.86. The Bertz CT molecular complexity index is 1110. The largest absolute Gasteiger partial charge is 0.338 e. The number of carbonyl (C=O) groups excluding carboxylic acids is 2. The molecule has 3 amide bonds. The Hall–Kier alpha value is -3.68. The number of urea groups is 1. The average molecular weight is 433 g/mol. The van der Waals surface area contributed by atoms with E-state index in [1.807, 2.05) is 61.2 Å². The van der Waals surface area contributed by atoms with E-state index in [1.165, 1.54) is 0 Å². The lowest BCUT2D eigenvalue weighted by molar-refractivity contribution is -0.128. The summed E-state index contributed by atoms with van der Waals surface area (Å²) in [4.78, 5) is 30.4.